The molecule has 7 heteroatoms. The summed E-state index contributed by atoms with van der Waals surface area (Å²) in [7, 11) is 0. The highest BCUT2D eigenvalue weighted by atomic mass is 35.5. The van der Waals surface area contributed by atoms with Gasteiger partial charge in [0, 0.05) is 29.5 Å². The fourth-order valence-electron chi connectivity index (χ4n) is 3.76. The van der Waals surface area contributed by atoms with Crippen LogP contribution in [0.2, 0.25) is 5.02 Å². The van der Waals surface area contributed by atoms with Crippen LogP contribution < -0.4 is 10.5 Å². The number of carbonyl (C=O) groups excluding carboxylic acids is 2. The number of likely N-dealkylation sites (tertiary alicyclic amines) is 1. The minimum atomic E-state index is -0.566. The molecule has 1 amide bonds. The van der Waals surface area contributed by atoms with Gasteiger partial charge in [0.2, 0.25) is 0 Å². The Bertz CT molecular complexity index is 889. The minimum absolute atomic E-state index is 0.0358. The van der Waals surface area contributed by atoms with E-state index in [9.17, 15) is 14.0 Å². The highest BCUT2D eigenvalue weighted by molar-refractivity contribution is 6.31. The molecule has 1 fully saturated rings. The minimum Gasteiger partial charge on any atom is -0.492 e. The van der Waals surface area contributed by atoms with Crippen molar-refractivity contribution in [3.8, 4) is 5.75 Å². The topological polar surface area (TPSA) is 72.6 Å². The Morgan fingerprint density at radius 2 is 1.97 bits per heavy atom. The first-order valence-electron chi connectivity index (χ1n) is 10.2. The Morgan fingerprint density at radius 1 is 1.20 bits per heavy atom. The molecule has 0 spiro atoms. The number of ether oxygens (including phenoxy) is 1. The number of amides is 1. The van der Waals surface area contributed by atoms with Crippen LogP contribution >= 0.6 is 11.6 Å². The van der Waals surface area contributed by atoms with Gasteiger partial charge >= 0.3 is 0 Å². The molecule has 0 radical (unpaired) electrons. The SMILES string of the molecule is NC(=O)c1cc(Cl)ccc1OCC1CCCN(CCCC(=O)c2ccc(F)cc2)C1. The number of primary amides is 1. The average Bonchev–Trinajstić information content (AvgIpc) is 2.73. The van der Waals surface area contributed by atoms with E-state index >= 15 is 0 Å². The molecule has 2 aromatic carbocycles. The van der Waals surface area contributed by atoms with Gasteiger partial charge in [0.25, 0.3) is 5.91 Å². The van der Waals surface area contributed by atoms with Gasteiger partial charge in [0.05, 0.1) is 12.2 Å². The lowest BCUT2D eigenvalue weighted by Gasteiger charge is -2.32. The quantitative estimate of drug-likeness (QED) is 0.598. The smallest absolute Gasteiger partial charge is 0.252 e. The van der Waals surface area contributed by atoms with Crippen LogP contribution in [0.1, 0.15) is 46.4 Å². The van der Waals surface area contributed by atoms with Crippen molar-refractivity contribution in [1.29, 1.82) is 0 Å². The van der Waals surface area contributed by atoms with Crippen LogP contribution in [0.25, 0.3) is 0 Å². The summed E-state index contributed by atoms with van der Waals surface area (Å²) < 4.78 is 18.9. The Morgan fingerprint density at radius 3 is 2.70 bits per heavy atom. The van der Waals surface area contributed by atoms with Crippen molar-refractivity contribution in [3.05, 3.63) is 64.4 Å². The summed E-state index contributed by atoms with van der Waals surface area (Å²) in [6.07, 6.45) is 3.30. The zero-order valence-corrected chi connectivity index (χ0v) is 17.5. The van der Waals surface area contributed by atoms with Crippen molar-refractivity contribution < 1.29 is 18.7 Å². The first-order chi connectivity index (χ1) is 14.4. The zero-order chi connectivity index (χ0) is 21.5. The van der Waals surface area contributed by atoms with Crippen LogP contribution in [0.5, 0.6) is 5.75 Å². The van der Waals surface area contributed by atoms with Crippen LogP contribution in [0.3, 0.4) is 0 Å². The Labute approximate surface area is 181 Å². The maximum Gasteiger partial charge on any atom is 0.252 e. The molecule has 1 saturated heterocycles. The van der Waals surface area contributed by atoms with E-state index < -0.39 is 5.91 Å². The van der Waals surface area contributed by atoms with Gasteiger partial charge in [0.1, 0.15) is 11.6 Å². The number of benzene rings is 2. The van der Waals surface area contributed by atoms with E-state index in [4.69, 9.17) is 22.1 Å². The lowest BCUT2D eigenvalue weighted by Crippen LogP contribution is -2.38. The van der Waals surface area contributed by atoms with Gasteiger partial charge in [-0.2, -0.15) is 0 Å². The number of rotatable bonds is 9. The predicted molar refractivity (Wildman–Crippen MR) is 115 cm³/mol. The monoisotopic (exact) mass is 432 g/mol. The molecule has 160 valence electrons. The van der Waals surface area contributed by atoms with Crippen LogP contribution in [0.4, 0.5) is 4.39 Å². The summed E-state index contributed by atoms with van der Waals surface area (Å²) in [6, 6.07) is 10.6. The number of nitrogens with zero attached hydrogens (tertiary/aromatic N) is 1. The number of Topliss-reactive ketones (excluding diaryl/α,β-unsaturated/α-hetero) is 1. The molecule has 30 heavy (non-hydrogen) atoms. The van der Waals surface area contributed by atoms with Gasteiger partial charge in [0.15, 0.2) is 5.78 Å². The third-order valence-electron chi connectivity index (χ3n) is 5.33. The van der Waals surface area contributed by atoms with Crippen LogP contribution in [-0.4, -0.2) is 42.8 Å². The van der Waals surface area contributed by atoms with E-state index in [1.54, 1.807) is 12.1 Å². The molecule has 0 saturated carbocycles. The second kappa shape index (κ2) is 10.5. The molecule has 3 rings (SSSR count). The number of halogens is 2. The lowest BCUT2D eigenvalue weighted by molar-refractivity contribution is 0.0952. The highest BCUT2D eigenvalue weighted by Gasteiger charge is 2.21. The molecule has 1 aliphatic rings. The third kappa shape index (κ3) is 6.28. The van der Waals surface area contributed by atoms with E-state index in [1.807, 2.05) is 0 Å². The fourth-order valence-corrected chi connectivity index (χ4v) is 3.93. The van der Waals surface area contributed by atoms with Crippen LogP contribution in [-0.2, 0) is 0 Å². The van der Waals surface area contributed by atoms with Crippen molar-refractivity contribution in [2.75, 3.05) is 26.2 Å². The van der Waals surface area contributed by atoms with Gasteiger partial charge in [-0.1, -0.05) is 11.6 Å². The summed E-state index contributed by atoms with van der Waals surface area (Å²) >= 11 is 5.93. The Balaban J connectivity index is 1.45. The largest absolute Gasteiger partial charge is 0.492 e. The summed E-state index contributed by atoms with van der Waals surface area (Å²) in [4.78, 5) is 26.2. The molecule has 1 atom stereocenters. The summed E-state index contributed by atoms with van der Waals surface area (Å²) in [6.45, 7) is 3.20. The van der Waals surface area contributed by atoms with Crippen molar-refractivity contribution in [2.45, 2.75) is 25.7 Å². The molecule has 5 nitrogen and oxygen atoms in total. The van der Waals surface area contributed by atoms with Crippen molar-refractivity contribution in [3.63, 3.8) is 0 Å². The second-order valence-electron chi connectivity index (χ2n) is 7.66. The molecular weight excluding hydrogens is 407 g/mol. The fraction of sp³-hybridized carbons (Fsp3) is 0.391. The summed E-state index contributed by atoms with van der Waals surface area (Å²) in [5, 5.41) is 0.440. The molecule has 1 heterocycles. The number of hydrogen-bond donors (Lipinski definition) is 1. The molecule has 0 aliphatic carbocycles. The maximum absolute atomic E-state index is 13.0. The van der Waals surface area contributed by atoms with Crippen molar-refractivity contribution >= 4 is 23.3 Å². The maximum atomic E-state index is 13.0. The van der Waals surface area contributed by atoms with Crippen molar-refractivity contribution in [1.82, 2.24) is 4.90 Å². The number of nitrogens with two attached hydrogens (primary N) is 1. The third-order valence-corrected chi connectivity index (χ3v) is 5.56. The van der Waals surface area contributed by atoms with Crippen molar-refractivity contribution in [2.24, 2.45) is 11.7 Å². The standard InChI is InChI=1S/C23H26ClFN2O3/c24-18-7-10-22(20(13-18)23(26)29)30-15-16-3-1-11-27(14-16)12-2-4-21(28)17-5-8-19(25)9-6-17/h5-10,13,16H,1-4,11-12,14-15H2,(H2,26,29). The van der Waals surface area contributed by atoms with E-state index in [-0.39, 0.29) is 17.2 Å². The first-order valence-corrected chi connectivity index (χ1v) is 10.5. The van der Waals surface area contributed by atoms with Crippen LogP contribution in [0.15, 0.2) is 42.5 Å². The van der Waals surface area contributed by atoms with Gasteiger partial charge in [-0.3, -0.25) is 9.59 Å². The average molecular weight is 433 g/mol. The van der Waals surface area contributed by atoms with E-state index in [1.165, 1.54) is 30.3 Å². The van der Waals surface area contributed by atoms with Gasteiger partial charge in [-0.25, -0.2) is 4.39 Å². The number of ketones is 1. The highest BCUT2D eigenvalue weighted by Crippen LogP contribution is 2.25. The molecule has 0 bridgehead atoms. The Kier molecular flexibility index (Phi) is 7.82. The molecule has 0 aromatic heterocycles. The summed E-state index contributed by atoms with van der Waals surface area (Å²) in [5.41, 5.74) is 6.25. The normalized spacial score (nSPS) is 16.9. The lowest BCUT2D eigenvalue weighted by atomic mass is 9.98. The number of carbonyl (C=O) groups is 2. The number of piperidine rings is 1. The van der Waals surface area contributed by atoms with Gasteiger partial charge < -0.3 is 15.4 Å². The summed E-state index contributed by atoms with van der Waals surface area (Å²) in [5.74, 6) is -0.0799. The van der Waals surface area contributed by atoms with E-state index in [0.717, 1.165) is 38.9 Å². The second-order valence-corrected chi connectivity index (χ2v) is 8.09. The number of hydrogen-bond acceptors (Lipinski definition) is 4. The predicted octanol–water partition coefficient (Wildman–Crippen LogP) is 4.33. The van der Waals surface area contributed by atoms with E-state index in [0.29, 0.717) is 35.3 Å². The molecule has 1 unspecified atom stereocenters. The molecule has 2 aromatic rings. The molecule has 2 N–H and O–H groups in total. The van der Waals surface area contributed by atoms with Crippen LogP contribution in [0, 0.1) is 11.7 Å². The zero-order valence-electron chi connectivity index (χ0n) is 16.8. The van der Waals surface area contributed by atoms with Gasteiger partial charge in [-0.15, -0.1) is 0 Å². The van der Waals surface area contributed by atoms with E-state index in [2.05, 4.69) is 4.90 Å². The molecular formula is C23H26ClFN2O3. The Hall–Kier alpha value is -2.44. The first kappa shape index (κ1) is 22.2. The van der Waals surface area contributed by atoms with Gasteiger partial charge in [-0.05, 0) is 74.8 Å². The molecule has 1 aliphatic heterocycles.